The standard InChI is InChI=1S/C26H33N7O3/c1-15-7-8-19-18(14-15)16(2)24(36-19)23(21-22(27)26(35)31-30-25(21)28)29-17-9-12-33(13-10-17)20(34)6-5-11-32(3)4/h5-8,14,17,27,29H,9-13H2,1-4H3,(H2,28,30)(H,31,35)/b6-5+,23-21+,27-22?. The van der Waals surface area contributed by atoms with Gasteiger partial charge >= 0.3 is 0 Å². The molecule has 10 heteroatoms. The lowest BCUT2D eigenvalue weighted by Crippen LogP contribution is -2.46. The number of likely N-dealkylation sites (tertiary alicyclic amines) is 1. The van der Waals surface area contributed by atoms with Gasteiger partial charge in [0.2, 0.25) is 5.91 Å². The van der Waals surface area contributed by atoms with Crippen molar-refractivity contribution in [2.45, 2.75) is 32.7 Å². The molecule has 0 saturated carbocycles. The molecule has 2 aliphatic heterocycles. The number of hydrazone groups is 1. The van der Waals surface area contributed by atoms with Crippen molar-refractivity contribution in [3.05, 3.63) is 52.8 Å². The van der Waals surface area contributed by atoms with Gasteiger partial charge in [-0.3, -0.25) is 15.0 Å². The number of aryl methyl sites for hydroxylation is 2. The van der Waals surface area contributed by atoms with Crippen molar-refractivity contribution in [2.24, 2.45) is 10.8 Å². The molecule has 0 aliphatic carbocycles. The predicted octanol–water partition coefficient (Wildman–Crippen LogP) is 1.88. The van der Waals surface area contributed by atoms with Crippen molar-refractivity contribution >= 4 is 40.0 Å². The van der Waals surface area contributed by atoms with Crippen LogP contribution in [0.5, 0.6) is 0 Å². The van der Waals surface area contributed by atoms with E-state index in [2.05, 4.69) is 15.8 Å². The van der Waals surface area contributed by atoms with Gasteiger partial charge in [0.1, 0.15) is 11.3 Å². The topological polar surface area (TPSA) is 140 Å². The van der Waals surface area contributed by atoms with Crippen LogP contribution in [0.15, 0.2) is 45.4 Å². The molecule has 1 aromatic carbocycles. The number of benzene rings is 1. The highest BCUT2D eigenvalue weighted by Crippen LogP contribution is 2.33. The molecule has 4 rings (SSSR count). The van der Waals surface area contributed by atoms with Crippen LogP contribution in [0, 0.1) is 19.3 Å². The van der Waals surface area contributed by atoms with Gasteiger partial charge in [0.05, 0.1) is 11.3 Å². The van der Waals surface area contributed by atoms with Crippen LogP contribution in [0.2, 0.25) is 0 Å². The Kier molecular flexibility index (Phi) is 7.25. The van der Waals surface area contributed by atoms with Crippen molar-refractivity contribution in [2.75, 3.05) is 33.7 Å². The maximum atomic E-state index is 12.5. The molecule has 0 bridgehead atoms. The van der Waals surface area contributed by atoms with Gasteiger partial charge in [0.25, 0.3) is 5.91 Å². The van der Waals surface area contributed by atoms with Crippen molar-refractivity contribution < 1.29 is 14.0 Å². The quantitative estimate of drug-likeness (QED) is 0.455. The molecule has 2 amide bonds. The van der Waals surface area contributed by atoms with Crippen LogP contribution in [0.4, 0.5) is 0 Å². The molecule has 0 spiro atoms. The summed E-state index contributed by atoms with van der Waals surface area (Å²) in [4.78, 5) is 28.6. The van der Waals surface area contributed by atoms with E-state index in [-0.39, 0.29) is 29.1 Å². The molecular formula is C26H33N7O3. The van der Waals surface area contributed by atoms with Crippen LogP contribution in [0.3, 0.4) is 0 Å². The number of amidine groups is 1. The third-order valence-corrected chi connectivity index (χ3v) is 6.47. The van der Waals surface area contributed by atoms with E-state index in [1.54, 1.807) is 6.08 Å². The second-order valence-corrected chi connectivity index (χ2v) is 9.53. The van der Waals surface area contributed by atoms with Crippen LogP contribution >= 0.6 is 0 Å². The van der Waals surface area contributed by atoms with Crippen LogP contribution < -0.4 is 16.5 Å². The normalized spacial score (nSPS) is 18.7. The number of amides is 2. The number of likely N-dealkylation sites (N-methyl/N-ethyl adjacent to an activating group) is 1. The van der Waals surface area contributed by atoms with E-state index >= 15 is 0 Å². The maximum Gasteiger partial charge on any atom is 0.290 e. The Hall–Kier alpha value is -3.92. The Morgan fingerprint density at radius 2 is 2.06 bits per heavy atom. The third kappa shape index (κ3) is 5.18. The van der Waals surface area contributed by atoms with Gasteiger partial charge < -0.3 is 25.3 Å². The molecule has 1 fully saturated rings. The minimum atomic E-state index is -0.631. The number of fused-ring (bicyclic) bond motifs is 1. The highest BCUT2D eigenvalue weighted by Gasteiger charge is 2.31. The minimum absolute atomic E-state index is 0.000478. The first-order valence-electron chi connectivity index (χ1n) is 12.0. The number of piperidine rings is 1. The zero-order valence-electron chi connectivity index (χ0n) is 21.1. The van der Waals surface area contributed by atoms with Crippen molar-refractivity contribution in [3.63, 3.8) is 0 Å². The molecule has 10 nitrogen and oxygen atoms in total. The number of nitrogens with zero attached hydrogens (tertiary/aromatic N) is 3. The highest BCUT2D eigenvalue weighted by molar-refractivity contribution is 6.53. The van der Waals surface area contributed by atoms with Gasteiger partial charge in [-0.2, -0.15) is 5.10 Å². The predicted molar refractivity (Wildman–Crippen MR) is 141 cm³/mol. The zero-order valence-corrected chi connectivity index (χ0v) is 21.1. The minimum Gasteiger partial charge on any atom is -0.454 e. The second-order valence-electron chi connectivity index (χ2n) is 9.53. The second kappa shape index (κ2) is 10.4. The number of rotatable bonds is 6. The van der Waals surface area contributed by atoms with Crippen molar-refractivity contribution in [3.8, 4) is 0 Å². The lowest BCUT2D eigenvalue weighted by atomic mass is 9.98. The summed E-state index contributed by atoms with van der Waals surface area (Å²) in [6, 6.07) is 5.92. The molecule has 1 aromatic heterocycles. The van der Waals surface area contributed by atoms with E-state index in [0.29, 0.717) is 49.5 Å². The number of nitrogens with two attached hydrogens (primary N) is 1. The molecule has 1 saturated heterocycles. The summed E-state index contributed by atoms with van der Waals surface area (Å²) in [6.07, 6.45) is 4.88. The molecule has 190 valence electrons. The van der Waals surface area contributed by atoms with Gasteiger partial charge in [0, 0.05) is 42.7 Å². The maximum absolute atomic E-state index is 12.5. The first kappa shape index (κ1) is 25.2. The number of furan rings is 1. The molecular weight excluding hydrogens is 458 g/mol. The number of hydrogen-bond donors (Lipinski definition) is 4. The fourth-order valence-electron chi connectivity index (χ4n) is 4.46. The molecule has 2 aliphatic rings. The van der Waals surface area contributed by atoms with E-state index in [9.17, 15) is 9.59 Å². The van der Waals surface area contributed by atoms with E-state index in [0.717, 1.165) is 16.5 Å². The lowest BCUT2D eigenvalue weighted by molar-refractivity contribution is -0.127. The van der Waals surface area contributed by atoms with Gasteiger partial charge in [-0.15, -0.1) is 0 Å². The summed E-state index contributed by atoms with van der Waals surface area (Å²) >= 11 is 0. The summed E-state index contributed by atoms with van der Waals surface area (Å²) in [5.41, 5.74) is 11.5. The van der Waals surface area contributed by atoms with Crippen molar-refractivity contribution in [1.29, 1.82) is 5.41 Å². The molecule has 0 radical (unpaired) electrons. The Bertz CT molecular complexity index is 1290. The SMILES string of the molecule is Cc1ccc2oc(/C(NC3CCN(C(=O)/C=C/CN(C)C)CC3)=C3/C(=N)C(=O)NN=C3N)c(C)c2c1. The molecule has 2 aromatic rings. The van der Waals surface area contributed by atoms with Gasteiger partial charge in [-0.1, -0.05) is 17.7 Å². The van der Waals surface area contributed by atoms with Crippen molar-refractivity contribution in [1.82, 2.24) is 20.5 Å². The summed E-state index contributed by atoms with van der Waals surface area (Å²) in [5.74, 6) is -0.0716. The van der Waals surface area contributed by atoms with Crippen LogP contribution in [0.25, 0.3) is 16.7 Å². The number of nitrogens with one attached hydrogen (secondary N) is 3. The molecule has 5 N–H and O–H groups in total. The first-order valence-corrected chi connectivity index (χ1v) is 12.0. The third-order valence-electron chi connectivity index (χ3n) is 6.47. The van der Waals surface area contributed by atoms with Crippen LogP contribution in [-0.2, 0) is 9.59 Å². The summed E-state index contributed by atoms with van der Waals surface area (Å²) in [7, 11) is 3.91. The average molecular weight is 492 g/mol. The van der Waals surface area contributed by atoms with Gasteiger partial charge in [0.15, 0.2) is 11.6 Å². The van der Waals surface area contributed by atoms with E-state index < -0.39 is 5.91 Å². The number of hydrogen-bond acceptors (Lipinski definition) is 8. The number of carbonyl (C=O) groups is 2. The Balaban J connectivity index is 1.63. The summed E-state index contributed by atoms with van der Waals surface area (Å²) in [6.45, 7) is 5.85. The van der Waals surface area contributed by atoms with Crippen LogP contribution in [-0.4, -0.2) is 72.9 Å². The fraction of sp³-hybridized carbons (Fsp3) is 0.385. The molecule has 36 heavy (non-hydrogen) atoms. The molecule has 3 heterocycles. The van der Waals surface area contributed by atoms with Gasteiger partial charge in [-0.05, 0) is 52.9 Å². The van der Waals surface area contributed by atoms with E-state index in [4.69, 9.17) is 15.6 Å². The molecule has 0 atom stereocenters. The largest absolute Gasteiger partial charge is 0.454 e. The summed E-state index contributed by atoms with van der Waals surface area (Å²) in [5, 5.41) is 16.8. The molecule has 0 unspecified atom stereocenters. The van der Waals surface area contributed by atoms with E-state index in [1.165, 1.54) is 0 Å². The van der Waals surface area contributed by atoms with Gasteiger partial charge in [-0.25, -0.2) is 5.43 Å². The monoisotopic (exact) mass is 491 g/mol. The Morgan fingerprint density at radius 3 is 2.75 bits per heavy atom. The highest BCUT2D eigenvalue weighted by atomic mass is 16.3. The zero-order chi connectivity index (χ0) is 26.0. The fourth-order valence-corrected chi connectivity index (χ4v) is 4.46. The lowest BCUT2D eigenvalue weighted by Gasteiger charge is -2.33. The first-order chi connectivity index (χ1) is 17.2. The Labute approximate surface area is 210 Å². The van der Waals surface area contributed by atoms with Crippen LogP contribution in [0.1, 0.15) is 29.7 Å². The Morgan fingerprint density at radius 1 is 1.33 bits per heavy atom. The smallest absolute Gasteiger partial charge is 0.290 e. The summed E-state index contributed by atoms with van der Waals surface area (Å²) < 4.78 is 6.23. The average Bonchev–Trinajstić information content (AvgIpc) is 3.16. The number of carbonyl (C=O) groups excluding carboxylic acids is 2. The van der Waals surface area contributed by atoms with E-state index in [1.807, 2.05) is 62.0 Å².